The summed E-state index contributed by atoms with van der Waals surface area (Å²) >= 11 is 0. The van der Waals surface area contributed by atoms with Gasteiger partial charge in [-0.3, -0.25) is 0 Å². The smallest absolute Gasteiger partial charge is 0.124 e. The molecule has 0 bridgehead atoms. The highest BCUT2D eigenvalue weighted by Gasteiger charge is 2.11. The molecule has 1 rings (SSSR count). The molecule has 90 valence electrons. The third kappa shape index (κ3) is 2.97. The summed E-state index contributed by atoms with van der Waals surface area (Å²) in [7, 11) is 1.65. The SMILES string of the molecule is COc1c(C)cc(C(O)CCCO)cc1C. The number of ether oxygens (including phenoxy) is 1. The van der Waals surface area contributed by atoms with Crippen LogP contribution in [0.25, 0.3) is 0 Å². The molecule has 0 aromatic heterocycles. The third-order valence-electron chi connectivity index (χ3n) is 2.71. The van der Waals surface area contributed by atoms with E-state index in [0.717, 1.165) is 22.4 Å². The van der Waals surface area contributed by atoms with Crippen LogP contribution in [0.4, 0.5) is 0 Å². The Hall–Kier alpha value is -1.06. The van der Waals surface area contributed by atoms with E-state index in [-0.39, 0.29) is 6.61 Å². The quantitative estimate of drug-likeness (QED) is 0.805. The Kier molecular flexibility index (Phi) is 4.77. The van der Waals surface area contributed by atoms with Crippen molar-refractivity contribution in [1.82, 2.24) is 0 Å². The van der Waals surface area contributed by atoms with Gasteiger partial charge in [0.25, 0.3) is 0 Å². The molecule has 0 radical (unpaired) electrons. The van der Waals surface area contributed by atoms with Gasteiger partial charge in [-0.05, 0) is 55.5 Å². The fourth-order valence-corrected chi connectivity index (χ4v) is 1.95. The van der Waals surface area contributed by atoms with Crippen LogP contribution >= 0.6 is 0 Å². The van der Waals surface area contributed by atoms with Crippen LogP contribution in [0.5, 0.6) is 5.75 Å². The summed E-state index contributed by atoms with van der Waals surface area (Å²) < 4.78 is 5.27. The van der Waals surface area contributed by atoms with E-state index in [1.807, 2.05) is 26.0 Å². The van der Waals surface area contributed by atoms with Crippen LogP contribution in [0.15, 0.2) is 12.1 Å². The molecule has 0 aliphatic carbocycles. The second-order valence-corrected chi connectivity index (χ2v) is 4.07. The molecular formula is C13H20O3. The molecule has 0 aliphatic heterocycles. The van der Waals surface area contributed by atoms with Crippen LogP contribution in [-0.2, 0) is 0 Å². The Morgan fingerprint density at radius 2 is 1.81 bits per heavy atom. The Balaban J connectivity index is 2.90. The maximum atomic E-state index is 9.91. The first-order valence-electron chi connectivity index (χ1n) is 5.54. The van der Waals surface area contributed by atoms with Crippen molar-refractivity contribution in [2.24, 2.45) is 0 Å². The van der Waals surface area contributed by atoms with Gasteiger partial charge in [-0.25, -0.2) is 0 Å². The lowest BCUT2D eigenvalue weighted by Gasteiger charge is -2.15. The van der Waals surface area contributed by atoms with Gasteiger partial charge in [0.1, 0.15) is 5.75 Å². The van der Waals surface area contributed by atoms with E-state index in [1.165, 1.54) is 0 Å². The van der Waals surface area contributed by atoms with E-state index in [9.17, 15) is 5.11 Å². The van der Waals surface area contributed by atoms with E-state index in [0.29, 0.717) is 12.8 Å². The maximum Gasteiger partial charge on any atom is 0.124 e. The first-order chi connectivity index (χ1) is 7.60. The normalized spacial score (nSPS) is 12.6. The van der Waals surface area contributed by atoms with E-state index in [2.05, 4.69) is 0 Å². The molecule has 0 spiro atoms. The molecule has 1 aromatic carbocycles. The van der Waals surface area contributed by atoms with Gasteiger partial charge in [0.15, 0.2) is 0 Å². The number of hydrogen-bond donors (Lipinski definition) is 2. The van der Waals surface area contributed by atoms with Crippen molar-refractivity contribution in [1.29, 1.82) is 0 Å². The molecule has 1 aromatic rings. The van der Waals surface area contributed by atoms with E-state index in [4.69, 9.17) is 9.84 Å². The molecular weight excluding hydrogens is 204 g/mol. The van der Waals surface area contributed by atoms with Crippen molar-refractivity contribution in [3.05, 3.63) is 28.8 Å². The molecule has 0 fully saturated rings. The summed E-state index contributed by atoms with van der Waals surface area (Å²) in [5.74, 6) is 0.873. The Bertz CT molecular complexity index is 324. The van der Waals surface area contributed by atoms with Crippen LogP contribution in [-0.4, -0.2) is 23.9 Å². The predicted octanol–water partition coefficient (Wildman–Crippen LogP) is 2.12. The molecule has 1 atom stereocenters. The number of methoxy groups -OCH3 is 1. The van der Waals surface area contributed by atoms with Crippen LogP contribution in [0.2, 0.25) is 0 Å². The number of aliphatic hydroxyl groups is 2. The maximum absolute atomic E-state index is 9.91. The highest BCUT2D eigenvalue weighted by molar-refractivity contribution is 5.43. The van der Waals surface area contributed by atoms with E-state index < -0.39 is 6.10 Å². The van der Waals surface area contributed by atoms with Crippen LogP contribution in [0, 0.1) is 13.8 Å². The van der Waals surface area contributed by atoms with Gasteiger partial charge < -0.3 is 14.9 Å². The second kappa shape index (κ2) is 5.87. The molecule has 0 saturated carbocycles. The van der Waals surface area contributed by atoms with Crippen molar-refractivity contribution in [2.45, 2.75) is 32.8 Å². The molecule has 16 heavy (non-hydrogen) atoms. The zero-order chi connectivity index (χ0) is 12.1. The average molecular weight is 224 g/mol. The zero-order valence-electron chi connectivity index (χ0n) is 10.2. The fourth-order valence-electron chi connectivity index (χ4n) is 1.95. The molecule has 3 nitrogen and oxygen atoms in total. The van der Waals surface area contributed by atoms with Crippen LogP contribution in [0.1, 0.15) is 35.6 Å². The summed E-state index contributed by atoms with van der Waals surface area (Å²) in [6.45, 7) is 4.05. The summed E-state index contributed by atoms with van der Waals surface area (Å²) in [5, 5.41) is 18.6. The molecule has 0 heterocycles. The number of aryl methyl sites for hydroxylation is 2. The molecule has 0 saturated heterocycles. The number of aliphatic hydroxyl groups excluding tert-OH is 2. The largest absolute Gasteiger partial charge is 0.496 e. The van der Waals surface area contributed by atoms with Crippen LogP contribution in [0.3, 0.4) is 0 Å². The first-order valence-corrected chi connectivity index (χ1v) is 5.54. The third-order valence-corrected chi connectivity index (χ3v) is 2.71. The molecule has 1 unspecified atom stereocenters. The highest BCUT2D eigenvalue weighted by atomic mass is 16.5. The minimum atomic E-state index is -0.504. The minimum absolute atomic E-state index is 0.116. The Labute approximate surface area is 96.7 Å². The lowest BCUT2D eigenvalue weighted by atomic mass is 9.99. The molecule has 0 aliphatic rings. The summed E-state index contributed by atoms with van der Waals surface area (Å²) in [6, 6.07) is 3.88. The van der Waals surface area contributed by atoms with Crippen LogP contribution < -0.4 is 4.74 Å². The highest BCUT2D eigenvalue weighted by Crippen LogP contribution is 2.28. The van der Waals surface area contributed by atoms with E-state index in [1.54, 1.807) is 7.11 Å². The van der Waals surface area contributed by atoms with Crippen molar-refractivity contribution in [3.8, 4) is 5.75 Å². The van der Waals surface area contributed by atoms with Crippen molar-refractivity contribution in [2.75, 3.05) is 13.7 Å². The minimum Gasteiger partial charge on any atom is -0.496 e. The Morgan fingerprint density at radius 1 is 1.25 bits per heavy atom. The second-order valence-electron chi connectivity index (χ2n) is 4.07. The first kappa shape index (κ1) is 13.0. The summed E-state index contributed by atoms with van der Waals surface area (Å²) in [4.78, 5) is 0. The van der Waals surface area contributed by atoms with Gasteiger partial charge in [-0.15, -0.1) is 0 Å². The van der Waals surface area contributed by atoms with Gasteiger partial charge in [0, 0.05) is 6.61 Å². The van der Waals surface area contributed by atoms with Crippen molar-refractivity contribution in [3.63, 3.8) is 0 Å². The standard InChI is InChI=1S/C13H20O3/c1-9-7-11(12(15)5-4-6-14)8-10(2)13(9)16-3/h7-8,12,14-15H,4-6H2,1-3H3. The lowest BCUT2D eigenvalue weighted by Crippen LogP contribution is -2.01. The van der Waals surface area contributed by atoms with Gasteiger partial charge in [-0.1, -0.05) is 0 Å². The average Bonchev–Trinajstić information content (AvgIpc) is 2.25. The zero-order valence-corrected chi connectivity index (χ0v) is 10.2. The molecule has 0 amide bonds. The Morgan fingerprint density at radius 3 is 2.25 bits per heavy atom. The van der Waals surface area contributed by atoms with Gasteiger partial charge in [0.2, 0.25) is 0 Å². The number of hydrogen-bond acceptors (Lipinski definition) is 3. The van der Waals surface area contributed by atoms with E-state index >= 15 is 0 Å². The number of benzene rings is 1. The van der Waals surface area contributed by atoms with Gasteiger partial charge in [0.05, 0.1) is 13.2 Å². The predicted molar refractivity (Wildman–Crippen MR) is 63.7 cm³/mol. The summed E-state index contributed by atoms with van der Waals surface area (Å²) in [5.41, 5.74) is 2.95. The lowest BCUT2D eigenvalue weighted by molar-refractivity contribution is 0.151. The topological polar surface area (TPSA) is 49.7 Å². The fraction of sp³-hybridized carbons (Fsp3) is 0.538. The monoisotopic (exact) mass is 224 g/mol. The van der Waals surface area contributed by atoms with Gasteiger partial charge >= 0.3 is 0 Å². The molecule has 3 heteroatoms. The van der Waals surface area contributed by atoms with Crippen molar-refractivity contribution < 1.29 is 14.9 Å². The van der Waals surface area contributed by atoms with Gasteiger partial charge in [-0.2, -0.15) is 0 Å². The number of rotatable bonds is 5. The summed E-state index contributed by atoms with van der Waals surface area (Å²) in [6.07, 6.45) is 0.697. The molecule has 2 N–H and O–H groups in total. The van der Waals surface area contributed by atoms with Crippen molar-refractivity contribution >= 4 is 0 Å².